The zero-order valence-corrected chi connectivity index (χ0v) is 20.5. The van der Waals surface area contributed by atoms with E-state index in [1.165, 1.54) is 12.1 Å². The minimum Gasteiger partial charge on any atom is -0.506 e. The molecule has 1 atom stereocenters. The topological polar surface area (TPSA) is 92.0 Å². The molecule has 0 aliphatic rings. The molecule has 0 fully saturated rings. The van der Waals surface area contributed by atoms with Crippen LogP contribution in [0.15, 0.2) is 34.8 Å². The summed E-state index contributed by atoms with van der Waals surface area (Å²) < 4.78 is 19.4. The molecule has 0 unspecified atom stereocenters. The number of hydrogen-bond acceptors (Lipinski definition) is 6. The standard InChI is InChI=1S/C23H24Cl3FN2O4/c1-4-33-23(32)16(10-28-18(11-30)12(2)3)21(31)15-9-14(29-22(26)19(15)25)8-13-6-5-7-17(24)20(13)27/h5-7,9-10,12,18,30-31H,4,8,11H2,1-3H3/t18-/m1/s1. The van der Waals surface area contributed by atoms with Crippen LogP contribution < -0.4 is 0 Å². The Hall–Kier alpha value is -2.19. The summed E-state index contributed by atoms with van der Waals surface area (Å²) in [4.78, 5) is 20.9. The quantitative estimate of drug-likeness (QED) is 0.147. The van der Waals surface area contributed by atoms with Crippen LogP contribution in [0.2, 0.25) is 15.2 Å². The highest BCUT2D eigenvalue weighted by atomic mass is 35.5. The molecule has 0 saturated carbocycles. The highest BCUT2D eigenvalue weighted by Gasteiger charge is 2.22. The van der Waals surface area contributed by atoms with Gasteiger partial charge in [-0.15, -0.1) is 0 Å². The Labute approximate surface area is 206 Å². The fourth-order valence-electron chi connectivity index (χ4n) is 2.86. The lowest BCUT2D eigenvalue weighted by Gasteiger charge is -2.14. The zero-order valence-electron chi connectivity index (χ0n) is 18.3. The molecule has 1 aromatic heterocycles. The molecular weight excluding hydrogens is 494 g/mol. The molecule has 1 heterocycles. The summed E-state index contributed by atoms with van der Waals surface area (Å²) >= 11 is 18.3. The van der Waals surface area contributed by atoms with E-state index in [0.29, 0.717) is 0 Å². The van der Waals surface area contributed by atoms with Gasteiger partial charge in [0.05, 0.1) is 29.3 Å². The number of aliphatic hydroxyl groups is 2. The third-order valence-corrected chi connectivity index (χ3v) is 5.78. The predicted octanol–water partition coefficient (Wildman–Crippen LogP) is 5.69. The van der Waals surface area contributed by atoms with E-state index in [4.69, 9.17) is 39.5 Å². The van der Waals surface area contributed by atoms with Crippen LogP contribution in [0.5, 0.6) is 0 Å². The average molecular weight is 518 g/mol. The molecule has 0 radical (unpaired) electrons. The number of carbonyl (C=O) groups excluding carboxylic acids is 1. The SMILES string of the molecule is CCOC(=O)C(C=N[C@H](CO)C(C)C)=C(O)c1cc(Cc2cccc(Cl)c2F)nc(Cl)c1Cl. The number of nitrogens with zero attached hydrogens (tertiary/aromatic N) is 2. The number of carbonyl (C=O) groups is 1. The van der Waals surface area contributed by atoms with Crippen LogP contribution in [-0.4, -0.2) is 46.6 Å². The van der Waals surface area contributed by atoms with E-state index < -0.39 is 23.6 Å². The molecule has 0 bridgehead atoms. The molecule has 10 heteroatoms. The lowest BCUT2D eigenvalue weighted by Crippen LogP contribution is -2.19. The van der Waals surface area contributed by atoms with Crippen molar-refractivity contribution in [3.05, 3.63) is 67.7 Å². The maximum atomic E-state index is 14.3. The Kier molecular flexibility index (Phi) is 10.1. The molecule has 6 nitrogen and oxygen atoms in total. The normalized spacial score (nSPS) is 13.4. The second-order valence-corrected chi connectivity index (χ2v) is 8.55. The molecule has 0 aliphatic carbocycles. The van der Waals surface area contributed by atoms with Gasteiger partial charge in [0.2, 0.25) is 0 Å². The van der Waals surface area contributed by atoms with E-state index in [-0.39, 0.29) is 63.1 Å². The molecule has 2 N–H and O–H groups in total. The summed E-state index contributed by atoms with van der Waals surface area (Å²) in [5.41, 5.74) is 0.258. The maximum Gasteiger partial charge on any atom is 0.343 e. The van der Waals surface area contributed by atoms with Crippen molar-refractivity contribution in [1.82, 2.24) is 4.98 Å². The van der Waals surface area contributed by atoms with E-state index >= 15 is 0 Å². The van der Waals surface area contributed by atoms with Gasteiger partial charge in [-0.3, -0.25) is 4.99 Å². The summed E-state index contributed by atoms with van der Waals surface area (Å²) in [6, 6.07) is 5.45. The van der Waals surface area contributed by atoms with Gasteiger partial charge in [-0.05, 0) is 30.5 Å². The number of benzene rings is 1. The minimum atomic E-state index is -0.842. The van der Waals surface area contributed by atoms with Crippen LogP contribution in [-0.2, 0) is 16.0 Å². The molecule has 33 heavy (non-hydrogen) atoms. The van der Waals surface area contributed by atoms with Crippen LogP contribution in [0.4, 0.5) is 4.39 Å². The maximum absolute atomic E-state index is 14.3. The highest BCUT2D eigenvalue weighted by molar-refractivity contribution is 6.42. The number of ether oxygens (including phenoxy) is 1. The van der Waals surface area contributed by atoms with E-state index in [1.54, 1.807) is 19.1 Å². The van der Waals surface area contributed by atoms with Gasteiger partial charge in [-0.2, -0.15) is 0 Å². The summed E-state index contributed by atoms with van der Waals surface area (Å²) in [6.45, 7) is 5.13. The Balaban J connectivity index is 2.59. The van der Waals surface area contributed by atoms with Gasteiger partial charge in [0.1, 0.15) is 22.3 Å². The van der Waals surface area contributed by atoms with Crippen LogP contribution in [0.1, 0.15) is 37.6 Å². The second kappa shape index (κ2) is 12.3. The number of rotatable bonds is 9. The molecule has 0 spiro atoms. The largest absolute Gasteiger partial charge is 0.506 e. The number of aliphatic hydroxyl groups excluding tert-OH is 2. The van der Waals surface area contributed by atoms with E-state index in [9.17, 15) is 19.4 Å². The fraction of sp³-hybridized carbons (Fsp3) is 0.348. The lowest BCUT2D eigenvalue weighted by molar-refractivity contribution is -0.137. The summed E-state index contributed by atoms with van der Waals surface area (Å²) in [5, 5.41) is 20.2. The first-order chi connectivity index (χ1) is 15.6. The van der Waals surface area contributed by atoms with Crippen LogP contribution in [0.25, 0.3) is 5.76 Å². The first kappa shape index (κ1) is 27.1. The first-order valence-electron chi connectivity index (χ1n) is 10.1. The molecule has 0 saturated heterocycles. The number of pyridine rings is 1. The minimum absolute atomic E-state index is 0.00583. The third-order valence-electron chi connectivity index (χ3n) is 4.73. The number of esters is 1. The van der Waals surface area contributed by atoms with Gasteiger partial charge in [0.25, 0.3) is 0 Å². The van der Waals surface area contributed by atoms with Gasteiger partial charge in [0.15, 0.2) is 0 Å². The molecule has 178 valence electrons. The Morgan fingerprint density at radius 3 is 2.61 bits per heavy atom. The molecular formula is C23H24Cl3FN2O4. The van der Waals surface area contributed by atoms with Gasteiger partial charge in [-0.25, -0.2) is 14.2 Å². The van der Waals surface area contributed by atoms with Gasteiger partial charge >= 0.3 is 5.97 Å². The van der Waals surface area contributed by atoms with E-state index in [0.717, 1.165) is 6.21 Å². The molecule has 2 rings (SSSR count). The van der Waals surface area contributed by atoms with Crippen molar-refractivity contribution in [3.63, 3.8) is 0 Å². The van der Waals surface area contributed by atoms with Gasteiger partial charge in [0, 0.05) is 23.9 Å². The van der Waals surface area contributed by atoms with Crippen molar-refractivity contribution >= 4 is 52.7 Å². The number of aromatic nitrogens is 1. The Morgan fingerprint density at radius 1 is 1.30 bits per heavy atom. The molecule has 0 amide bonds. The Bertz CT molecular complexity index is 1070. The van der Waals surface area contributed by atoms with Crippen LogP contribution in [0, 0.1) is 11.7 Å². The average Bonchev–Trinajstić information content (AvgIpc) is 2.76. The number of hydrogen-bond donors (Lipinski definition) is 2. The summed E-state index contributed by atoms with van der Waals surface area (Å²) in [5.74, 6) is -2.00. The lowest BCUT2D eigenvalue weighted by atomic mass is 10.0. The molecule has 1 aromatic carbocycles. The van der Waals surface area contributed by atoms with E-state index in [2.05, 4.69) is 9.98 Å². The van der Waals surface area contributed by atoms with Crippen LogP contribution in [0.3, 0.4) is 0 Å². The highest BCUT2D eigenvalue weighted by Crippen LogP contribution is 2.32. The van der Waals surface area contributed by atoms with Crippen molar-refractivity contribution in [3.8, 4) is 0 Å². The predicted molar refractivity (Wildman–Crippen MR) is 129 cm³/mol. The van der Waals surface area contributed by atoms with Crippen molar-refractivity contribution in [2.45, 2.75) is 33.2 Å². The van der Waals surface area contributed by atoms with Crippen molar-refractivity contribution in [1.29, 1.82) is 0 Å². The number of halogens is 4. The summed E-state index contributed by atoms with van der Waals surface area (Å²) in [7, 11) is 0. The zero-order chi connectivity index (χ0) is 24.7. The smallest absolute Gasteiger partial charge is 0.343 e. The van der Waals surface area contributed by atoms with Gasteiger partial charge in [-0.1, -0.05) is 60.8 Å². The van der Waals surface area contributed by atoms with Crippen molar-refractivity contribution in [2.24, 2.45) is 10.9 Å². The third kappa shape index (κ3) is 6.90. The molecule has 0 aliphatic heterocycles. The van der Waals surface area contributed by atoms with Crippen molar-refractivity contribution in [2.75, 3.05) is 13.2 Å². The van der Waals surface area contributed by atoms with Crippen molar-refractivity contribution < 1.29 is 24.1 Å². The van der Waals surface area contributed by atoms with E-state index in [1.807, 2.05) is 13.8 Å². The second-order valence-electron chi connectivity index (χ2n) is 7.41. The number of aliphatic imine (C=N–C) groups is 1. The Morgan fingerprint density at radius 2 is 2.00 bits per heavy atom. The van der Waals surface area contributed by atoms with Gasteiger partial charge < -0.3 is 14.9 Å². The fourth-order valence-corrected chi connectivity index (χ4v) is 3.45. The summed E-state index contributed by atoms with van der Waals surface area (Å²) in [6.07, 6.45) is 1.14. The monoisotopic (exact) mass is 516 g/mol. The first-order valence-corrected chi connectivity index (χ1v) is 11.3. The van der Waals surface area contributed by atoms with Crippen LogP contribution >= 0.6 is 34.8 Å². The molecule has 2 aromatic rings.